The summed E-state index contributed by atoms with van der Waals surface area (Å²) in [5.74, 6) is 0.0903. The summed E-state index contributed by atoms with van der Waals surface area (Å²) in [5, 5.41) is 0. The van der Waals surface area contributed by atoms with Gasteiger partial charge >= 0.3 is 0 Å². The van der Waals surface area contributed by atoms with Gasteiger partial charge in [0.2, 0.25) is 5.91 Å². The molecule has 1 rings (SSSR count). The van der Waals surface area contributed by atoms with Gasteiger partial charge in [0.1, 0.15) is 0 Å². The number of rotatable bonds is 0. The lowest BCUT2D eigenvalue weighted by molar-refractivity contribution is -0.119. The van der Waals surface area contributed by atoms with Crippen LogP contribution in [0.15, 0.2) is 0 Å². The zero-order valence-electron chi connectivity index (χ0n) is 4.60. The number of amides is 1. The number of nitrogens with one attached hydrogen (secondary N) is 2. The Hall–Kier alpha value is -0.280. The van der Waals surface area contributed by atoms with Gasteiger partial charge in [-0.25, -0.2) is 5.43 Å². The van der Waals surface area contributed by atoms with Gasteiger partial charge in [0, 0.05) is 12.5 Å². The van der Waals surface area contributed by atoms with Crippen LogP contribution in [0.2, 0.25) is 0 Å². The monoisotopic (exact) mass is 136 g/mol. The first-order valence-electron chi connectivity index (χ1n) is 2.33. The van der Waals surface area contributed by atoms with Crippen LogP contribution >= 0.6 is 12.4 Å². The lowest BCUT2D eigenvalue weighted by Gasteiger charge is -1.93. The smallest absolute Gasteiger partial charge is 0.235 e. The zero-order valence-corrected chi connectivity index (χ0v) is 5.42. The van der Waals surface area contributed by atoms with E-state index in [1.165, 1.54) is 0 Å². The molecule has 0 aromatic carbocycles. The summed E-state index contributed by atoms with van der Waals surface area (Å²) in [7, 11) is 0. The van der Waals surface area contributed by atoms with Crippen molar-refractivity contribution in [2.75, 3.05) is 0 Å². The minimum absolute atomic E-state index is 0. The van der Waals surface area contributed by atoms with Crippen LogP contribution in [0.5, 0.6) is 0 Å². The highest BCUT2D eigenvalue weighted by Crippen LogP contribution is 1.93. The standard InChI is InChI=1S/C4H8N2O.ClH/c1-3-2-4(7)6-5-3;/h3,5H,2H2,1H3,(H,6,7);1H/t3-;/m0./s1. The van der Waals surface area contributed by atoms with Gasteiger partial charge in [0.15, 0.2) is 0 Å². The topological polar surface area (TPSA) is 41.1 Å². The van der Waals surface area contributed by atoms with Crippen molar-refractivity contribution in [3.05, 3.63) is 0 Å². The van der Waals surface area contributed by atoms with Crippen LogP contribution in [-0.2, 0) is 4.79 Å². The van der Waals surface area contributed by atoms with Gasteiger partial charge in [-0.3, -0.25) is 10.2 Å². The van der Waals surface area contributed by atoms with E-state index >= 15 is 0 Å². The summed E-state index contributed by atoms with van der Waals surface area (Å²) in [5.41, 5.74) is 5.25. The molecule has 1 aliphatic heterocycles. The van der Waals surface area contributed by atoms with Crippen LogP contribution in [0.1, 0.15) is 13.3 Å². The molecule has 4 heteroatoms. The molecule has 0 aromatic rings. The summed E-state index contributed by atoms with van der Waals surface area (Å²) in [4.78, 5) is 10.3. The first kappa shape index (κ1) is 7.72. The molecule has 0 unspecified atom stereocenters. The van der Waals surface area contributed by atoms with Crippen LogP contribution in [0.25, 0.3) is 0 Å². The fourth-order valence-corrected chi connectivity index (χ4v) is 0.584. The van der Waals surface area contributed by atoms with Gasteiger partial charge in [-0.2, -0.15) is 0 Å². The Morgan fingerprint density at radius 1 is 1.75 bits per heavy atom. The Kier molecular flexibility index (Phi) is 2.79. The van der Waals surface area contributed by atoms with E-state index in [1.54, 1.807) is 0 Å². The summed E-state index contributed by atoms with van der Waals surface area (Å²) in [6.45, 7) is 1.96. The molecular weight excluding hydrogens is 128 g/mol. The van der Waals surface area contributed by atoms with Crippen molar-refractivity contribution in [2.24, 2.45) is 0 Å². The molecule has 0 aliphatic carbocycles. The average molecular weight is 137 g/mol. The molecule has 0 spiro atoms. The summed E-state index contributed by atoms with van der Waals surface area (Å²) in [6.07, 6.45) is 0.611. The number of carbonyl (C=O) groups excluding carboxylic acids is 1. The SMILES string of the molecule is C[C@H]1CC(=O)NN1.Cl. The third-order valence-corrected chi connectivity index (χ3v) is 0.950. The second-order valence-corrected chi connectivity index (χ2v) is 1.80. The molecule has 1 aliphatic rings. The Bertz CT molecular complexity index is 96.0. The zero-order chi connectivity index (χ0) is 5.28. The van der Waals surface area contributed by atoms with Crippen molar-refractivity contribution in [2.45, 2.75) is 19.4 Å². The molecule has 1 amide bonds. The molecule has 1 heterocycles. The number of hydrogen-bond acceptors (Lipinski definition) is 2. The van der Waals surface area contributed by atoms with E-state index in [4.69, 9.17) is 0 Å². The van der Waals surface area contributed by atoms with E-state index < -0.39 is 0 Å². The van der Waals surface area contributed by atoms with Crippen LogP contribution in [0.4, 0.5) is 0 Å². The third-order valence-electron chi connectivity index (χ3n) is 0.950. The third kappa shape index (κ3) is 1.68. The highest BCUT2D eigenvalue weighted by molar-refractivity contribution is 5.85. The fraction of sp³-hybridized carbons (Fsp3) is 0.750. The quantitative estimate of drug-likeness (QED) is 0.485. The van der Waals surface area contributed by atoms with E-state index in [0.29, 0.717) is 12.5 Å². The maximum absolute atomic E-state index is 10.3. The van der Waals surface area contributed by atoms with Crippen molar-refractivity contribution in [1.82, 2.24) is 10.9 Å². The molecule has 2 N–H and O–H groups in total. The van der Waals surface area contributed by atoms with Crippen molar-refractivity contribution in [3.8, 4) is 0 Å². The first-order valence-corrected chi connectivity index (χ1v) is 2.33. The molecule has 1 fully saturated rings. The van der Waals surface area contributed by atoms with Gasteiger partial charge in [-0.05, 0) is 6.92 Å². The van der Waals surface area contributed by atoms with Crippen LogP contribution in [0, 0.1) is 0 Å². The summed E-state index contributed by atoms with van der Waals surface area (Å²) >= 11 is 0. The molecule has 48 valence electrons. The van der Waals surface area contributed by atoms with Gasteiger partial charge < -0.3 is 0 Å². The molecule has 3 nitrogen and oxygen atoms in total. The van der Waals surface area contributed by atoms with E-state index in [1.807, 2.05) is 6.92 Å². The van der Waals surface area contributed by atoms with Crippen LogP contribution in [0.3, 0.4) is 0 Å². The molecule has 0 saturated carbocycles. The molecule has 0 bridgehead atoms. The number of halogens is 1. The highest BCUT2D eigenvalue weighted by Gasteiger charge is 2.14. The maximum atomic E-state index is 10.3. The van der Waals surface area contributed by atoms with E-state index in [9.17, 15) is 4.79 Å². The largest absolute Gasteiger partial charge is 0.291 e. The lowest BCUT2D eigenvalue weighted by atomic mass is 10.3. The molecule has 1 saturated heterocycles. The molecule has 0 radical (unpaired) electrons. The fourth-order valence-electron chi connectivity index (χ4n) is 0.584. The molecule has 8 heavy (non-hydrogen) atoms. The Balaban J connectivity index is 0.000000490. The summed E-state index contributed by atoms with van der Waals surface area (Å²) in [6, 6.07) is 0.312. The lowest BCUT2D eigenvalue weighted by Crippen LogP contribution is -2.29. The van der Waals surface area contributed by atoms with Crippen molar-refractivity contribution < 1.29 is 4.79 Å². The van der Waals surface area contributed by atoms with Crippen molar-refractivity contribution >= 4 is 18.3 Å². The Morgan fingerprint density at radius 2 is 2.38 bits per heavy atom. The predicted molar refractivity (Wildman–Crippen MR) is 32.6 cm³/mol. The van der Waals surface area contributed by atoms with Gasteiger partial charge in [0.25, 0.3) is 0 Å². The molecule has 0 aromatic heterocycles. The molecular formula is C4H9ClN2O. The number of carbonyl (C=O) groups is 1. The minimum atomic E-state index is 0. The Morgan fingerprint density at radius 3 is 2.50 bits per heavy atom. The highest BCUT2D eigenvalue weighted by atomic mass is 35.5. The van der Waals surface area contributed by atoms with Gasteiger partial charge in [-0.1, -0.05) is 0 Å². The predicted octanol–water partition coefficient (Wildman–Crippen LogP) is -0.179. The van der Waals surface area contributed by atoms with Crippen LogP contribution in [-0.4, -0.2) is 11.9 Å². The van der Waals surface area contributed by atoms with Crippen LogP contribution < -0.4 is 10.9 Å². The van der Waals surface area contributed by atoms with E-state index in [-0.39, 0.29) is 18.3 Å². The minimum Gasteiger partial charge on any atom is -0.291 e. The molecule has 1 atom stereocenters. The Labute approximate surface area is 54.2 Å². The van der Waals surface area contributed by atoms with Crippen molar-refractivity contribution in [3.63, 3.8) is 0 Å². The van der Waals surface area contributed by atoms with Crippen molar-refractivity contribution in [1.29, 1.82) is 0 Å². The second-order valence-electron chi connectivity index (χ2n) is 1.80. The number of hydrogen-bond donors (Lipinski definition) is 2. The summed E-state index contributed by atoms with van der Waals surface area (Å²) < 4.78 is 0. The normalized spacial score (nSPS) is 26.6. The van der Waals surface area contributed by atoms with Gasteiger partial charge in [-0.15, -0.1) is 12.4 Å². The second kappa shape index (κ2) is 2.89. The maximum Gasteiger partial charge on any atom is 0.235 e. The average Bonchev–Trinajstić information content (AvgIpc) is 1.87. The van der Waals surface area contributed by atoms with E-state index in [2.05, 4.69) is 10.9 Å². The first-order chi connectivity index (χ1) is 3.29. The van der Waals surface area contributed by atoms with E-state index in [0.717, 1.165) is 0 Å². The van der Waals surface area contributed by atoms with Gasteiger partial charge in [0.05, 0.1) is 0 Å². The number of hydrazine groups is 1.